The van der Waals surface area contributed by atoms with Gasteiger partial charge in [-0.2, -0.15) is 0 Å². The lowest BCUT2D eigenvalue weighted by Gasteiger charge is -2.28. The predicted molar refractivity (Wildman–Crippen MR) is 84.8 cm³/mol. The molecule has 2 nitrogen and oxygen atoms in total. The lowest BCUT2D eigenvalue weighted by molar-refractivity contribution is 0.453. The number of hydrogen-bond acceptors (Lipinski definition) is 2. The number of fused-ring (bicyclic) bond motifs is 2. The molecule has 0 amide bonds. The maximum atomic E-state index is 6.03. The lowest BCUT2D eigenvalue weighted by Crippen LogP contribution is -2.11. The van der Waals surface area contributed by atoms with Crippen molar-refractivity contribution in [1.29, 1.82) is 0 Å². The quantitative estimate of drug-likeness (QED) is 0.516. The highest BCUT2D eigenvalue weighted by Crippen LogP contribution is 2.47. The Kier molecular flexibility index (Phi) is 2.68. The van der Waals surface area contributed by atoms with Crippen molar-refractivity contribution in [1.82, 2.24) is 0 Å². The van der Waals surface area contributed by atoms with E-state index < -0.39 is 0 Å². The van der Waals surface area contributed by atoms with Crippen LogP contribution in [0.1, 0.15) is 22.6 Å². The van der Waals surface area contributed by atoms with Gasteiger partial charge in [-0.25, -0.2) is 0 Å². The average Bonchev–Trinajstić information content (AvgIpc) is 2.52. The fourth-order valence-electron chi connectivity index (χ4n) is 3.01. The SMILES string of the molecule is Nc1cccc(C2c3ccccc3Oc3ccccc32)c1. The Morgan fingerprint density at radius 3 is 1.95 bits per heavy atom. The summed E-state index contributed by atoms with van der Waals surface area (Å²) in [5.74, 6) is 2.00. The van der Waals surface area contributed by atoms with E-state index in [9.17, 15) is 0 Å². The topological polar surface area (TPSA) is 35.2 Å². The van der Waals surface area contributed by atoms with Gasteiger partial charge < -0.3 is 10.5 Å². The van der Waals surface area contributed by atoms with Crippen LogP contribution < -0.4 is 10.5 Å². The molecule has 0 fully saturated rings. The largest absolute Gasteiger partial charge is 0.457 e. The van der Waals surface area contributed by atoms with E-state index in [2.05, 4.69) is 30.3 Å². The van der Waals surface area contributed by atoms with Crippen molar-refractivity contribution in [2.45, 2.75) is 5.92 Å². The monoisotopic (exact) mass is 273 g/mol. The van der Waals surface area contributed by atoms with Crippen LogP contribution in [-0.4, -0.2) is 0 Å². The van der Waals surface area contributed by atoms with Crippen LogP contribution in [0, 0.1) is 0 Å². The molecule has 0 aromatic heterocycles. The van der Waals surface area contributed by atoms with E-state index in [1.807, 2.05) is 42.5 Å². The number of nitrogens with two attached hydrogens (primary N) is 1. The molecule has 4 rings (SSSR count). The van der Waals surface area contributed by atoms with Crippen molar-refractivity contribution in [2.24, 2.45) is 0 Å². The Hall–Kier alpha value is -2.74. The highest BCUT2D eigenvalue weighted by molar-refractivity contribution is 5.59. The van der Waals surface area contributed by atoms with E-state index in [1.54, 1.807) is 0 Å². The molecule has 0 radical (unpaired) electrons. The first kappa shape index (κ1) is 12.0. The third-order valence-corrected chi connectivity index (χ3v) is 3.92. The molecule has 1 aliphatic rings. The zero-order valence-corrected chi connectivity index (χ0v) is 11.5. The maximum Gasteiger partial charge on any atom is 0.131 e. The molecule has 0 atom stereocenters. The first-order chi connectivity index (χ1) is 10.3. The molecule has 2 N–H and O–H groups in total. The number of rotatable bonds is 1. The molecule has 0 saturated carbocycles. The zero-order chi connectivity index (χ0) is 14.2. The molecule has 0 aliphatic carbocycles. The van der Waals surface area contributed by atoms with Crippen molar-refractivity contribution in [2.75, 3.05) is 5.73 Å². The highest BCUT2D eigenvalue weighted by atomic mass is 16.5. The van der Waals surface area contributed by atoms with Crippen LogP contribution in [0.25, 0.3) is 0 Å². The summed E-state index contributed by atoms with van der Waals surface area (Å²) in [6, 6.07) is 24.5. The fraction of sp³-hybridized carbons (Fsp3) is 0.0526. The van der Waals surface area contributed by atoms with Gasteiger partial charge in [-0.3, -0.25) is 0 Å². The van der Waals surface area contributed by atoms with E-state index in [1.165, 1.54) is 16.7 Å². The lowest BCUT2D eigenvalue weighted by atomic mass is 9.82. The molecule has 0 unspecified atom stereocenters. The van der Waals surface area contributed by atoms with E-state index >= 15 is 0 Å². The number of anilines is 1. The molecular weight excluding hydrogens is 258 g/mol. The first-order valence-corrected chi connectivity index (χ1v) is 7.04. The Labute approximate surface area is 123 Å². The minimum atomic E-state index is 0.162. The number of hydrogen-bond donors (Lipinski definition) is 1. The number of benzene rings is 3. The van der Waals surface area contributed by atoms with Crippen molar-refractivity contribution >= 4 is 5.69 Å². The van der Waals surface area contributed by atoms with Crippen LogP contribution in [-0.2, 0) is 0 Å². The summed E-state index contributed by atoms with van der Waals surface area (Å²) in [5.41, 5.74) is 10.3. The first-order valence-electron chi connectivity index (χ1n) is 7.04. The van der Waals surface area contributed by atoms with Crippen LogP contribution >= 0.6 is 0 Å². The second kappa shape index (κ2) is 4.67. The molecule has 1 aliphatic heterocycles. The van der Waals surface area contributed by atoms with E-state index in [0.717, 1.165) is 17.2 Å². The second-order valence-corrected chi connectivity index (χ2v) is 5.28. The van der Waals surface area contributed by atoms with Crippen LogP contribution in [0.5, 0.6) is 11.5 Å². The van der Waals surface area contributed by atoms with Gasteiger partial charge in [0, 0.05) is 22.7 Å². The van der Waals surface area contributed by atoms with Crippen molar-refractivity contribution in [3.8, 4) is 11.5 Å². The van der Waals surface area contributed by atoms with Gasteiger partial charge in [0.2, 0.25) is 0 Å². The van der Waals surface area contributed by atoms with Crippen molar-refractivity contribution in [3.05, 3.63) is 89.5 Å². The molecule has 0 saturated heterocycles. The summed E-state index contributed by atoms with van der Waals surface area (Å²) in [4.78, 5) is 0. The van der Waals surface area contributed by atoms with Crippen LogP contribution in [0.4, 0.5) is 5.69 Å². The van der Waals surface area contributed by atoms with Crippen LogP contribution in [0.2, 0.25) is 0 Å². The molecule has 21 heavy (non-hydrogen) atoms. The smallest absolute Gasteiger partial charge is 0.131 e. The zero-order valence-electron chi connectivity index (χ0n) is 11.5. The summed E-state index contributed by atoms with van der Waals surface area (Å²) in [7, 11) is 0. The minimum Gasteiger partial charge on any atom is -0.457 e. The van der Waals surface area contributed by atoms with Gasteiger partial charge in [-0.1, -0.05) is 48.5 Å². The molecule has 3 aromatic rings. The van der Waals surface area contributed by atoms with Crippen LogP contribution in [0.15, 0.2) is 72.8 Å². The van der Waals surface area contributed by atoms with Gasteiger partial charge in [0.1, 0.15) is 11.5 Å². The fourth-order valence-corrected chi connectivity index (χ4v) is 3.01. The predicted octanol–water partition coefficient (Wildman–Crippen LogP) is 4.55. The molecule has 2 heteroatoms. The highest BCUT2D eigenvalue weighted by Gasteiger charge is 2.27. The second-order valence-electron chi connectivity index (χ2n) is 5.28. The van der Waals surface area contributed by atoms with Gasteiger partial charge in [-0.05, 0) is 29.8 Å². The van der Waals surface area contributed by atoms with Crippen molar-refractivity contribution < 1.29 is 4.74 Å². The Morgan fingerprint density at radius 2 is 1.33 bits per heavy atom. The maximum absolute atomic E-state index is 6.03. The molecule has 1 heterocycles. The van der Waals surface area contributed by atoms with Gasteiger partial charge in [0.15, 0.2) is 0 Å². The Balaban J connectivity index is 1.97. The number of para-hydroxylation sites is 2. The minimum absolute atomic E-state index is 0.162. The number of ether oxygens (including phenoxy) is 1. The average molecular weight is 273 g/mol. The molecule has 102 valence electrons. The van der Waals surface area contributed by atoms with E-state index in [-0.39, 0.29) is 5.92 Å². The molecule has 3 aromatic carbocycles. The van der Waals surface area contributed by atoms with Gasteiger partial charge in [0.05, 0.1) is 0 Å². The van der Waals surface area contributed by atoms with Gasteiger partial charge in [-0.15, -0.1) is 0 Å². The summed E-state index contributed by atoms with van der Waals surface area (Å²) in [6.45, 7) is 0. The molecule has 0 bridgehead atoms. The molecule has 0 spiro atoms. The Bertz CT molecular complexity index is 764. The summed E-state index contributed by atoms with van der Waals surface area (Å²) in [5, 5.41) is 0. The standard InChI is InChI=1S/C19H15NO/c20-14-7-5-6-13(12-14)19-15-8-1-3-10-17(15)21-18-11-4-2-9-16(18)19/h1-12,19H,20H2. The summed E-state index contributed by atoms with van der Waals surface area (Å²) >= 11 is 0. The molecular formula is C19H15NO. The summed E-state index contributed by atoms with van der Waals surface area (Å²) < 4.78 is 6.03. The van der Waals surface area contributed by atoms with E-state index in [0.29, 0.717) is 0 Å². The van der Waals surface area contributed by atoms with Gasteiger partial charge >= 0.3 is 0 Å². The Morgan fingerprint density at radius 1 is 0.714 bits per heavy atom. The normalized spacial score (nSPS) is 13.1. The van der Waals surface area contributed by atoms with Crippen LogP contribution in [0.3, 0.4) is 0 Å². The number of nitrogen functional groups attached to an aromatic ring is 1. The third-order valence-electron chi connectivity index (χ3n) is 3.92. The van der Waals surface area contributed by atoms with Crippen molar-refractivity contribution in [3.63, 3.8) is 0 Å². The third kappa shape index (κ3) is 1.96. The van der Waals surface area contributed by atoms with E-state index in [4.69, 9.17) is 10.5 Å². The summed E-state index contributed by atoms with van der Waals surface area (Å²) in [6.07, 6.45) is 0. The van der Waals surface area contributed by atoms with Gasteiger partial charge in [0.25, 0.3) is 0 Å².